The molecule has 0 atom stereocenters. The molecule has 0 fully saturated rings. The molecule has 3 heterocycles. The summed E-state index contributed by atoms with van der Waals surface area (Å²) in [5.41, 5.74) is 3.90. The van der Waals surface area contributed by atoms with E-state index in [0.717, 1.165) is 17.1 Å². The van der Waals surface area contributed by atoms with E-state index in [1.165, 1.54) is 0 Å². The average molecular weight is 361 g/mol. The maximum Gasteiger partial charge on any atom is 0.417 e. The molecule has 0 saturated heterocycles. The van der Waals surface area contributed by atoms with Crippen LogP contribution in [-0.2, 0) is 13.0 Å². The Morgan fingerprint density at radius 1 is 1.11 bits per heavy atom. The predicted octanol–water partition coefficient (Wildman–Crippen LogP) is 1.90. The third-order valence-electron chi connectivity index (χ3n) is 4.77. The summed E-state index contributed by atoms with van der Waals surface area (Å²) in [6.45, 7) is 0.906. The highest BCUT2D eigenvalue weighted by Crippen LogP contribution is 2.23. The lowest BCUT2D eigenvalue weighted by molar-refractivity contribution is 0.0732. The molecule has 1 aliphatic heterocycles. The summed E-state index contributed by atoms with van der Waals surface area (Å²) in [6.07, 6.45) is 0.649. The molecule has 1 amide bonds. The first-order chi connectivity index (χ1) is 13.2. The number of carbonyl (C=O) groups excluding carboxylic acids is 1. The summed E-state index contributed by atoms with van der Waals surface area (Å²) >= 11 is 0. The van der Waals surface area contributed by atoms with Crippen LogP contribution in [0, 0.1) is 0 Å². The third-order valence-corrected chi connectivity index (χ3v) is 4.77. The molecule has 0 unspecified atom stereocenters. The van der Waals surface area contributed by atoms with Gasteiger partial charge in [0.05, 0.1) is 29.0 Å². The second-order valence-corrected chi connectivity index (χ2v) is 6.40. The topological polar surface area (TPSA) is 97.0 Å². The van der Waals surface area contributed by atoms with E-state index in [1.54, 1.807) is 23.1 Å². The Morgan fingerprint density at radius 3 is 2.81 bits per heavy atom. The van der Waals surface area contributed by atoms with Crippen molar-refractivity contribution in [1.82, 2.24) is 24.9 Å². The van der Waals surface area contributed by atoms with E-state index >= 15 is 0 Å². The van der Waals surface area contributed by atoms with Crippen LogP contribution in [0.5, 0.6) is 0 Å². The van der Waals surface area contributed by atoms with Crippen molar-refractivity contribution in [2.45, 2.75) is 13.0 Å². The van der Waals surface area contributed by atoms with Crippen LogP contribution in [0.15, 0.2) is 57.7 Å². The van der Waals surface area contributed by atoms with Crippen molar-refractivity contribution < 1.29 is 9.21 Å². The number of hydrogen-bond acceptors (Lipinski definition) is 5. The molecule has 8 heteroatoms. The SMILES string of the molecule is O=C(c1cccc2[nH]c(=O)oc12)N1CCc2c(nnn2-c2ccccc2)C1. The average Bonchev–Trinajstić information content (AvgIpc) is 3.29. The maximum absolute atomic E-state index is 13.0. The monoisotopic (exact) mass is 361 g/mol. The van der Waals surface area contributed by atoms with Gasteiger partial charge in [-0.25, -0.2) is 9.48 Å². The summed E-state index contributed by atoms with van der Waals surface area (Å²) in [5, 5.41) is 8.52. The molecule has 0 saturated carbocycles. The maximum atomic E-state index is 13.0. The zero-order valence-corrected chi connectivity index (χ0v) is 14.3. The molecule has 2 aromatic heterocycles. The van der Waals surface area contributed by atoms with E-state index in [0.29, 0.717) is 30.6 Å². The van der Waals surface area contributed by atoms with Crippen LogP contribution >= 0.6 is 0 Å². The minimum absolute atomic E-state index is 0.191. The number of carbonyl (C=O) groups is 1. The normalized spacial score (nSPS) is 13.7. The first-order valence-corrected chi connectivity index (χ1v) is 8.61. The number of aromatic nitrogens is 4. The van der Waals surface area contributed by atoms with Gasteiger partial charge >= 0.3 is 5.76 Å². The van der Waals surface area contributed by atoms with Crippen molar-refractivity contribution in [2.75, 3.05) is 6.54 Å². The fourth-order valence-corrected chi connectivity index (χ4v) is 3.47. The minimum atomic E-state index is -0.572. The molecule has 1 N–H and O–H groups in total. The lowest BCUT2D eigenvalue weighted by atomic mass is 10.1. The molecule has 134 valence electrons. The first-order valence-electron chi connectivity index (χ1n) is 8.61. The van der Waals surface area contributed by atoms with Crippen molar-refractivity contribution >= 4 is 17.0 Å². The Labute approximate surface area is 153 Å². The van der Waals surface area contributed by atoms with Crippen LogP contribution in [0.25, 0.3) is 16.8 Å². The van der Waals surface area contributed by atoms with Crippen LogP contribution in [0.1, 0.15) is 21.7 Å². The highest BCUT2D eigenvalue weighted by molar-refractivity contribution is 6.04. The summed E-state index contributed by atoms with van der Waals surface area (Å²) in [6, 6.07) is 14.9. The van der Waals surface area contributed by atoms with Crippen LogP contribution in [0.3, 0.4) is 0 Å². The quantitative estimate of drug-likeness (QED) is 0.588. The molecule has 4 aromatic rings. The van der Waals surface area contributed by atoms with Gasteiger partial charge in [0.25, 0.3) is 5.91 Å². The number of H-pyrrole nitrogens is 1. The smallest absolute Gasteiger partial charge is 0.407 e. The molecule has 8 nitrogen and oxygen atoms in total. The van der Waals surface area contributed by atoms with Crippen molar-refractivity contribution in [3.05, 3.63) is 76.0 Å². The summed E-state index contributed by atoms with van der Waals surface area (Å²) < 4.78 is 6.97. The predicted molar refractivity (Wildman–Crippen MR) is 96.6 cm³/mol. The van der Waals surface area contributed by atoms with Gasteiger partial charge < -0.3 is 9.32 Å². The number of aromatic amines is 1. The van der Waals surface area contributed by atoms with Gasteiger partial charge in [0.2, 0.25) is 0 Å². The number of rotatable bonds is 2. The second kappa shape index (κ2) is 5.94. The van der Waals surface area contributed by atoms with E-state index in [-0.39, 0.29) is 11.5 Å². The van der Waals surface area contributed by atoms with Gasteiger partial charge in [0.1, 0.15) is 5.69 Å². The Balaban J connectivity index is 1.47. The van der Waals surface area contributed by atoms with Gasteiger partial charge in [0.15, 0.2) is 5.58 Å². The molecule has 27 heavy (non-hydrogen) atoms. The number of fused-ring (bicyclic) bond motifs is 2. The first kappa shape index (κ1) is 15.6. The summed E-state index contributed by atoms with van der Waals surface area (Å²) in [5.74, 6) is -0.764. The van der Waals surface area contributed by atoms with Crippen molar-refractivity contribution in [2.24, 2.45) is 0 Å². The number of amides is 1. The molecule has 2 aromatic carbocycles. The Morgan fingerprint density at radius 2 is 1.96 bits per heavy atom. The molecule has 5 rings (SSSR count). The van der Waals surface area contributed by atoms with Gasteiger partial charge in [-0.05, 0) is 24.3 Å². The van der Waals surface area contributed by atoms with Gasteiger partial charge in [-0.1, -0.05) is 29.5 Å². The number of oxazole rings is 1. The Bertz CT molecular complexity index is 1210. The zero-order valence-electron chi connectivity index (χ0n) is 14.3. The lowest BCUT2D eigenvalue weighted by Crippen LogP contribution is -2.36. The number of hydrogen-bond donors (Lipinski definition) is 1. The number of benzene rings is 2. The molecular formula is C19H15N5O3. The molecule has 0 spiro atoms. The second-order valence-electron chi connectivity index (χ2n) is 6.40. The number of para-hydroxylation sites is 2. The number of nitrogens with one attached hydrogen (secondary N) is 1. The highest BCUT2D eigenvalue weighted by Gasteiger charge is 2.28. The third kappa shape index (κ3) is 2.53. The standard InChI is InChI=1S/C19H15N5O3/c25-18(13-7-4-8-14-17(13)27-19(26)20-14)23-10-9-16-15(11-23)21-22-24(16)12-5-2-1-3-6-12/h1-8H,9-11H2,(H,20,26). The van der Waals surface area contributed by atoms with Crippen LogP contribution < -0.4 is 5.76 Å². The van der Waals surface area contributed by atoms with Gasteiger partial charge in [-0.3, -0.25) is 9.78 Å². The molecule has 1 aliphatic rings. The largest absolute Gasteiger partial charge is 0.417 e. The Hall–Kier alpha value is -3.68. The zero-order chi connectivity index (χ0) is 18.4. The van der Waals surface area contributed by atoms with E-state index in [1.807, 2.05) is 35.0 Å². The van der Waals surface area contributed by atoms with Crippen molar-refractivity contribution in [1.29, 1.82) is 0 Å². The van der Waals surface area contributed by atoms with Crippen LogP contribution in [-0.4, -0.2) is 37.3 Å². The lowest BCUT2D eigenvalue weighted by Gasteiger charge is -2.26. The van der Waals surface area contributed by atoms with E-state index < -0.39 is 5.76 Å². The highest BCUT2D eigenvalue weighted by atomic mass is 16.4. The van der Waals surface area contributed by atoms with E-state index in [4.69, 9.17) is 4.42 Å². The molecule has 0 radical (unpaired) electrons. The Kier molecular flexibility index (Phi) is 3.43. The number of nitrogens with zero attached hydrogens (tertiary/aromatic N) is 4. The molecule has 0 bridgehead atoms. The van der Waals surface area contributed by atoms with Crippen LogP contribution in [0.4, 0.5) is 0 Å². The molecular weight excluding hydrogens is 346 g/mol. The van der Waals surface area contributed by atoms with Gasteiger partial charge in [0, 0.05) is 13.0 Å². The minimum Gasteiger partial charge on any atom is -0.407 e. The summed E-state index contributed by atoms with van der Waals surface area (Å²) in [7, 11) is 0. The van der Waals surface area contributed by atoms with Crippen molar-refractivity contribution in [3.8, 4) is 5.69 Å². The summed E-state index contributed by atoms with van der Waals surface area (Å²) in [4.78, 5) is 28.8. The van der Waals surface area contributed by atoms with Gasteiger partial charge in [-0.2, -0.15) is 0 Å². The fourth-order valence-electron chi connectivity index (χ4n) is 3.47. The van der Waals surface area contributed by atoms with E-state index in [9.17, 15) is 9.59 Å². The van der Waals surface area contributed by atoms with Gasteiger partial charge in [-0.15, -0.1) is 5.10 Å². The van der Waals surface area contributed by atoms with Crippen molar-refractivity contribution in [3.63, 3.8) is 0 Å². The molecule has 0 aliphatic carbocycles. The fraction of sp³-hybridized carbons (Fsp3) is 0.158. The van der Waals surface area contributed by atoms with Crippen LogP contribution in [0.2, 0.25) is 0 Å². The van der Waals surface area contributed by atoms with E-state index in [2.05, 4.69) is 15.3 Å².